The van der Waals surface area contributed by atoms with Gasteiger partial charge in [-0.1, -0.05) is 176 Å². The van der Waals surface area contributed by atoms with E-state index in [1.165, 1.54) is 55.0 Å². The van der Waals surface area contributed by atoms with Gasteiger partial charge in [-0.3, -0.25) is 0 Å². The summed E-state index contributed by atoms with van der Waals surface area (Å²) in [5, 5.41) is 7.09. The Morgan fingerprint density at radius 3 is 1.43 bits per heavy atom. The van der Waals surface area contributed by atoms with Crippen molar-refractivity contribution in [3.05, 3.63) is 255 Å². The van der Waals surface area contributed by atoms with Crippen molar-refractivity contribution in [2.45, 2.75) is 0 Å². The Morgan fingerprint density at radius 2 is 0.776 bits per heavy atom. The second kappa shape index (κ2) is 16.0. The Bertz CT molecular complexity index is 3900. The minimum absolute atomic E-state index is 0.892. The van der Waals surface area contributed by atoms with Gasteiger partial charge in [-0.05, 0) is 123 Å². The molecule has 314 valence electrons. The summed E-state index contributed by atoms with van der Waals surface area (Å²) in [6, 6.07) is 91.8. The largest absolute Gasteiger partial charge is 0.455 e. The maximum absolute atomic E-state index is 6.57. The van der Waals surface area contributed by atoms with E-state index in [1.54, 1.807) is 0 Å². The first-order chi connectivity index (χ1) is 33.2. The van der Waals surface area contributed by atoms with Crippen LogP contribution in [0.15, 0.2) is 259 Å². The second-order valence-electron chi connectivity index (χ2n) is 17.3. The molecule has 0 fully saturated rings. The summed E-state index contributed by atoms with van der Waals surface area (Å²) in [6.45, 7) is 0. The van der Waals surface area contributed by atoms with Crippen LogP contribution < -0.4 is 4.90 Å². The maximum Gasteiger partial charge on any atom is 0.143 e. The standard InChI is InChI=1S/C64H42N2O/c1-2-13-43(14-3-1)48-16-12-17-49(41-48)44-25-33-51(34-26-44)65(52-35-27-45(28-36-52)50-32-39-58-59-40-31-46-15-4-5-19-55(46)64(59)67-63(58)42-50)53-37-29-47(30-38-53)54-18-6-9-22-60(54)66-61-23-10-7-20-56(61)57-21-8-11-24-62(57)66/h1-42H. The molecule has 13 aromatic rings. The van der Waals surface area contributed by atoms with Crippen LogP contribution in [0.2, 0.25) is 0 Å². The molecule has 0 radical (unpaired) electrons. The van der Waals surface area contributed by atoms with E-state index >= 15 is 0 Å². The first kappa shape index (κ1) is 38.5. The number of hydrogen-bond donors (Lipinski definition) is 0. The molecule has 0 N–H and O–H groups in total. The predicted octanol–water partition coefficient (Wildman–Crippen LogP) is 18.0. The highest BCUT2D eigenvalue weighted by atomic mass is 16.3. The van der Waals surface area contributed by atoms with E-state index in [9.17, 15) is 0 Å². The molecule has 0 aliphatic heterocycles. The van der Waals surface area contributed by atoms with Crippen molar-refractivity contribution in [2.75, 3.05) is 4.90 Å². The van der Waals surface area contributed by atoms with E-state index in [4.69, 9.17) is 4.42 Å². The third-order valence-corrected chi connectivity index (χ3v) is 13.4. The summed E-state index contributed by atoms with van der Waals surface area (Å²) >= 11 is 0. The van der Waals surface area contributed by atoms with Crippen molar-refractivity contribution in [3.63, 3.8) is 0 Å². The lowest BCUT2D eigenvalue weighted by Crippen LogP contribution is -2.09. The summed E-state index contributed by atoms with van der Waals surface area (Å²) < 4.78 is 8.98. The van der Waals surface area contributed by atoms with Crippen molar-refractivity contribution in [2.24, 2.45) is 0 Å². The van der Waals surface area contributed by atoms with Gasteiger partial charge in [0, 0.05) is 49.6 Å². The first-order valence-corrected chi connectivity index (χ1v) is 22.9. The van der Waals surface area contributed by atoms with E-state index in [1.807, 2.05) is 0 Å². The molecule has 0 aliphatic rings. The molecule has 13 rings (SSSR count). The van der Waals surface area contributed by atoms with Gasteiger partial charge in [0.25, 0.3) is 0 Å². The van der Waals surface area contributed by atoms with Gasteiger partial charge in [-0.15, -0.1) is 0 Å². The van der Waals surface area contributed by atoms with Gasteiger partial charge >= 0.3 is 0 Å². The first-order valence-electron chi connectivity index (χ1n) is 22.9. The lowest BCUT2D eigenvalue weighted by molar-refractivity contribution is 0.673. The fourth-order valence-electron chi connectivity index (χ4n) is 10.1. The molecule has 67 heavy (non-hydrogen) atoms. The minimum atomic E-state index is 0.892. The highest BCUT2D eigenvalue weighted by Gasteiger charge is 2.18. The van der Waals surface area contributed by atoms with Crippen LogP contribution in [-0.4, -0.2) is 4.57 Å². The molecule has 0 aliphatic carbocycles. The van der Waals surface area contributed by atoms with Crippen LogP contribution in [-0.2, 0) is 0 Å². The molecule has 2 heterocycles. The van der Waals surface area contributed by atoms with Crippen LogP contribution in [0.1, 0.15) is 0 Å². The monoisotopic (exact) mass is 854 g/mol. The van der Waals surface area contributed by atoms with E-state index in [0.717, 1.165) is 66.8 Å². The Balaban J connectivity index is 0.884. The Kier molecular flexibility index (Phi) is 9.17. The van der Waals surface area contributed by atoms with Gasteiger partial charge < -0.3 is 13.9 Å². The maximum atomic E-state index is 6.57. The molecule has 11 aromatic carbocycles. The molecule has 0 saturated heterocycles. The van der Waals surface area contributed by atoms with Crippen molar-refractivity contribution in [1.82, 2.24) is 4.57 Å². The van der Waals surface area contributed by atoms with E-state index in [-0.39, 0.29) is 0 Å². The second-order valence-corrected chi connectivity index (χ2v) is 17.3. The van der Waals surface area contributed by atoms with E-state index < -0.39 is 0 Å². The van der Waals surface area contributed by atoms with Crippen molar-refractivity contribution in [3.8, 4) is 50.2 Å². The summed E-state index contributed by atoms with van der Waals surface area (Å²) in [5.74, 6) is 0. The lowest BCUT2D eigenvalue weighted by atomic mass is 9.98. The highest BCUT2D eigenvalue weighted by Crippen LogP contribution is 2.41. The number of anilines is 3. The third-order valence-electron chi connectivity index (χ3n) is 13.4. The van der Waals surface area contributed by atoms with Crippen LogP contribution in [0.4, 0.5) is 17.1 Å². The van der Waals surface area contributed by atoms with Gasteiger partial charge in [0.05, 0.1) is 16.7 Å². The van der Waals surface area contributed by atoms with Crippen molar-refractivity contribution >= 4 is 71.6 Å². The summed E-state index contributed by atoms with van der Waals surface area (Å²) in [5.41, 5.74) is 17.9. The number of rotatable bonds is 8. The number of benzene rings is 11. The molecule has 3 heteroatoms. The van der Waals surface area contributed by atoms with Crippen molar-refractivity contribution < 1.29 is 4.42 Å². The summed E-state index contributed by atoms with van der Waals surface area (Å²) in [4.78, 5) is 2.35. The van der Waals surface area contributed by atoms with Crippen molar-refractivity contribution in [1.29, 1.82) is 0 Å². The SMILES string of the molecule is c1ccc(-c2cccc(-c3ccc(N(c4ccc(-c5ccc6c(c5)oc5c7ccccc7ccc65)cc4)c4ccc(-c5ccccc5-n5c6ccccc6c6ccccc65)cc4)cc3)c2)cc1. The minimum Gasteiger partial charge on any atom is -0.455 e. The van der Waals surface area contributed by atoms with Crippen LogP contribution in [0.25, 0.3) is 105 Å². The molecule has 2 aromatic heterocycles. The molecule has 0 saturated carbocycles. The predicted molar refractivity (Wildman–Crippen MR) is 282 cm³/mol. The zero-order valence-electron chi connectivity index (χ0n) is 36.6. The van der Waals surface area contributed by atoms with Crippen LogP contribution in [0.5, 0.6) is 0 Å². The van der Waals surface area contributed by atoms with E-state index in [0.29, 0.717) is 0 Å². The smallest absolute Gasteiger partial charge is 0.143 e. The highest BCUT2D eigenvalue weighted by molar-refractivity contribution is 6.15. The average Bonchev–Trinajstić information content (AvgIpc) is 3.95. The van der Waals surface area contributed by atoms with Gasteiger partial charge in [0.2, 0.25) is 0 Å². The molecule has 0 amide bonds. The molecule has 3 nitrogen and oxygen atoms in total. The Morgan fingerprint density at radius 1 is 0.299 bits per heavy atom. The number of hydrogen-bond acceptors (Lipinski definition) is 2. The van der Waals surface area contributed by atoms with Gasteiger partial charge in [0.15, 0.2) is 0 Å². The fraction of sp³-hybridized carbons (Fsp3) is 0. The molecule has 0 spiro atoms. The summed E-state index contributed by atoms with van der Waals surface area (Å²) in [7, 11) is 0. The van der Waals surface area contributed by atoms with Crippen LogP contribution >= 0.6 is 0 Å². The molecule has 0 unspecified atom stereocenters. The number of nitrogens with zero attached hydrogens (tertiary/aromatic N) is 2. The Labute approximate surface area is 388 Å². The molecule has 0 atom stereocenters. The van der Waals surface area contributed by atoms with E-state index in [2.05, 4.69) is 264 Å². The number of furan rings is 1. The molecule has 0 bridgehead atoms. The zero-order valence-corrected chi connectivity index (χ0v) is 36.6. The summed E-state index contributed by atoms with van der Waals surface area (Å²) in [6.07, 6.45) is 0. The normalized spacial score (nSPS) is 11.6. The topological polar surface area (TPSA) is 21.3 Å². The van der Waals surface area contributed by atoms with Gasteiger partial charge in [-0.25, -0.2) is 0 Å². The average molecular weight is 855 g/mol. The Hall–Kier alpha value is -8.92. The number of aromatic nitrogens is 1. The van der Waals surface area contributed by atoms with Gasteiger partial charge in [0.1, 0.15) is 11.2 Å². The molecular weight excluding hydrogens is 813 g/mol. The van der Waals surface area contributed by atoms with Crippen LogP contribution in [0, 0.1) is 0 Å². The third kappa shape index (κ3) is 6.67. The zero-order chi connectivity index (χ0) is 44.3. The lowest BCUT2D eigenvalue weighted by Gasteiger charge is -2.26. The fourth-order valence-corrected chi connectivity index (χ4v) is 10.1. The molecular formula is C64H42N2O. The van der Waals surface area contributed by atoms with Crippen LogP contribution in [0.3, 0.4) is 0 Å². The number of para-hydroxylation sites is 3. The number of fused-ring (bicyclic) bond motifs is 8. The van der Waals surface area contributed by atoms with Gasteiger partial charge in [-0.2, -0.15) is 0 Å². The quantitative estimate of drug-likeness (QED) is 0.152.